The van der Waals surface area contributed by atoms with Crippen molar-refractivity contribution in [3.8, 4) is 23.3 Å². The molecular weight excluding hydrogens is 378 g/mol. The average molecular weight is 397 g/mol. The first-order valence-corrected chi connectivity index (χ1v) is 9.29. The number of hydrogen-bond donors (Lipinski definition) is 1. The highest BCUT2D eigenvalue weighted by Crippen LogP contribution is 2.30. The molecule has 1 N–H and O–H groups in total. The van der Waals surface area contributed by atoms with E-state index in [4.69, 9.17) is 15.1 Å². The fourth-order valence-corrected chi connectivity index (χ4v) is 3.10. The van der Waals surface area contributed by atoms with Crippen LogP contribution >= 0.6 is 0 Å². The number of nitrogens with one attached hydrogen (secondary N) is 1. The van der Waals surface area contributed by atoms with Crippen molar-refractivity contribution in [2.45, 2.75) is 13.5 Å². The van der Waals surface area contributed by atoms with Crippen molar-refractivity contribution < 1.29 is 4.74 Å². The molecule has 148 valence electrons. The molecule has 8 nitrogen and oxygen atoms in total. The molecule has 3 aromatic heterocycles. The fourth-order valence-electron chi connectivity index (χ4n) is 3.10. The Morgan fingerprint density at radius 1 is 1.23 bits per heavy atom. The number of benzene rings is 1. The second kappa shape index (κ2) is 8.41. The summed E-state index contributed by atoms with van der Waals surface area (Å²) in [6.45, 7) is 2.41. The minimum absolute atomic E-state index is 0.476. The van der Waals surface area contributed by atoms with Crippen molar-refractivity contribution >= 4 is 22.4 Å². The zero-order valence-corrected chi connectivity index (χ0v) is 16.6. The van der Waals surface area contributed by atoms with Gasteiger partial charge in [-0.3, -0.25) is 9.67 Å². The highest BCUT2D eigenvalue weighted by molar-refractivity contribution is 5.92. The maximum Gasteiger partial charge on any atom is 0.183 e. The van der Waals surface area contributed by atoms with Crippen molar-refractivity contribution in [3.05, 3.63) is 66.6 Å². The smallest absolute Gasteiger partial charge is 0.183 e. The fraction of sp³-hybridized carbons (Fsp3) is 0.136. The molecule has 4 rings (SSSR count). The van der Waals surface area contributed by atoms with Crippen LogP contribution in [-0.4, -0.2) is 31.8 Å². The predicted molar refractivity (Wildman–Crippen MR) is 114 cm³/mol. The molecule has 0 bridgehead atoms. The van der Waals surface area contributed by atoms with E-state index in [0.29, 0.717) is 29.6 Å². The maximum atomic E-state index is 8.91. The Morgan fingerprint density at radius 2 is 2.03 bits per heavy atom. The van der Waals surface area contributed by atoms with Gasteiger partial charge in [0.1, 0.15) is 5.69 Å². The van der Waals surface area contributed by atoms with Gasteiger partial charge in [-0.05, 0) is 30.7 Å². The molecule has 0 fully saturated rings. The summed E-state index contributed by atoms with van der Waals surface area (Å²) in [5.41, 5.74) is 3.35. The number of hydrogen-bond acceptors (Lipinski definition) is 7. The Balaban J connectivity index is 1.80. The molecule has 0 aliphatic rings. The highest BCUT2D eigenvalue weighted by Gasteiger charge is 2.17. The average Bonchev–Trinajstić information content (AvgIpc) is 3.13. The third-order valence-electron chi connectivity index (χ3n) is 4.50. The summed E-state index contributed by atoms with van der Waals surface area (Å²) in [6, 6.07) is 13.6. The number of fused-ring (bicyclic) bond motifs is 1. The molecule has 8 heteroatoms. The zero-order chi connectivity index (χ0) is 20.9. The van der Waals surface area contributed by atoms with Crippen LogP contribution in [0.15, 0.2) is 66.6 Å². The number of anilines is 2. The first-order valence-electron chi connectivity index (χ1n) is 9.29. The summed E-state index contributed by atoms with van der Waals surface area (Å²) in [7, 11) is 1.57. The molecule has 0 radical (unpaired) electrons. The predicted octanol–water partition coefficient (Wildman–Crippen LogP) is 4.11. The summed E-state index contributed by atoms with van der Waals surface area (Å²) >= 11 is 0. The van der Waals surface area contributed by atoms with E-state index >= 15 is 0 Å². The number of aromatic nitrogens is 5. The normalized spacial score (nSPS) is 11.3. The van der Waals surface area contributed by atoms with Crippen LogP contribution in [-0.2, 0) is 6.54 Å². The Kier molecular flexibility index (Phi) is 5.35. The minimum Gasteiger partial charge on any atom is -0.491 e. The molecule has 0 aliphatic heterocycles. The number of allylic oxidation sites excluding steroid dienone is 2. The van der Waals surface area contributed by atoms with Gasteiger partial charge in [0.05, 0.1) is 31.4 Å². The number of pyridine rings is 1. The van der Waals surface area contributed by atoms with Crippen molar-refractivity contribution in [1.29, 1.82) is 5.26 Å². The summed E-state index contributed by atoms with van der Waals surface area (Å²) in [6.07, 6.45) is 6.55. The molecule has 30 heavy (non-hydrogen) atoms. The van der Waals surface area contributed by atoms with Gasteiger partial charge in [-0.15, -0.1) is 0 Å². The van der Waals surface area contributed by atoms with E-state index in [1.165, 1.54) is 6.08 Å². The van der Waals surface area contributed by atoms with Crippen LogP contribution in [0.25, 0.3) is 22.4 Å². The summed E-state index contributed by atoms with van der Waals surface area (Å²) in [4.78, 5) is 13.2. The van der Waals surface area contributed by atoms with Crippen molar-refractivity contribution in [2.24, 2.45) is 0 Å². The van der Waals surface area contributed by atoms with Gasteiger partial charge in [-0.1, -0.05) is 18.2 Å². The Morgan fingerprint density at radius 3 is 2.80 bits per heavy atom. The van der Waals surface area contributed by atoms with Crippen LogP contribution in [0.2, 0.25) is 0 Å². The van der Waals surface area contributed by atoms with Crippen LogP contribution in [0.3, 0.4) is 0 Å². The number of ether oxygens (including phenoxy) is 1. The third-order valence-corrected chi connectivity index (χ3v) is 4.50. The largest absolute Gasteiger partial charge is 0.491 e. The lowest BCUT2D eigenvalue weighted by molar-refractivity contribution is 0.413. The maximum absolute atomic E-state index is 8.91. The molecule has 3 heterocycles. The lowest BCUT2D eigenvalue weighted by Gasteiger charge is -2.10. The second-order valence-electron chi connectivity index (χ2n) is 6.61. The summed E-state index contributed by atoms with van der Waals surface area (Å²) < 4.78 is 7.27. The molecule has 0 spiro atoms. The number of methoxy groups -OCH3 is 1. The molecule has 0 unspecified atom stereocenters. The van der Waals surface area contributed by atoms with Crippen molar-refractivity contribution in [3.63, 3.8) is 0 Å². The molecule has 4 aromatic rings. The lowest BCUT2D eigenvalue weighted by Crippen LogP contribution is -2.03. The van der Waals surface area contributed by atoms with Crippen LogP contribution in [0.5, 0.6) is 5.75 Å². The van der Waals surface area contributed by atoms with Gasteiger partial charge in [0.25, 0.3) is 0 Å². The van der Waals surface area contributed by atoms with Crippen molar-refractivity contribution in [1.82, 2.24) is 24.7 Å². The van der Waals surface area contributed by atoms with E-state index in [2.05, 4.69) is 26.3 Å². The topological polar surface area (TPSA) is 102 Å². The van der Waals surface area contributed by atoms with Gasteiger partial charge >= 0.3 is 0 Å². The SMILES string of the molecule is COc1cnc(-c2nn(C/C(C)=C\C#N)c3ccccc23)nc1Nc1ccncc1. The number of para-hydroxylation sites is 1. The first kappa shape index (κ1) is 19.1. The molecule has 0 atom stereocenters. The van der Waals surface area contributed by atoms with E-state index in [-0.39, 0.29) is 0 Å². The first-order chi connectivity index (χ1) is 14.7. The van der Waals surface area contributed by atoms with Crippen LogP contribution < -0.4 is 10.1 Å². The molecule has 0 aliphatic carbocycles. The zero-order valence-electron chi connectivity index (χ0n) is 16.6. The Bertz CT molecular complexity index is 1260. The summed E-state index contributed by atoms with van der Waals surface area (Å²) in [5.74, 6) is 1.53. The van der Waals surface area contributed by atoms with Crippen molar-refractivity contribution in [2.75, 3.05) is 12.4 Å². The molecular formula is C22H19N7O. The standard InChI is InChI=1S/C22H19N7O/c1-15(7-10-23)14-29-18-6-4-3-5-17(18)20(28-29)22-25-13-19(30-2)21(27-22)26-16-8-11-24-12-9-16/h3-9,11-13H,14H2,1-2H3,(H,24,25,26,27)/b15-7-. The Labute approximate surface area is 173 Å². The van der Waals surface area contributed by atoms with E-state index < -0.39 is 0 Å². The highest BCUT2D eigenvalue weighted by atomic mass is 16.5. The quantitative estimate of drug-likeness (QED) is 0.489. The lowest BCUT2D eigenvalue weighted by atomic mass is 10.2. The van der Waals surface area contributed by atoms with E-state index in [1.807, 2.05) is 48.0 Å². The Hall–Kier alpha value is -4.25. The van der Waals surface area contributed by atoms with Gasteiger partial charge < -0.3 is 10.1 Å². The monoisotopic (exact) mass is 397 g/mol. The van der Waals surface area contributed by atoms with Crippen LogP contribution in [0.1, 0.15) is 6.92 Å². The molecule has 0 saturated heterocycles. The van der Waals surface area contributed by atoms with Gasteiger partial charge in [0, 0.05) is 29.5 Å². The van der Waals surface area contributed by atoms with Gasteiger partial charge in [-0.25, -0.2) is 9.97 Å². The van der Waals surface area contributed by atoms with Gasteiger partial charge in [0.2, 0.25) is 0 Å². The number of rotatable bonds is 6. The molecule has 0 saturated carbocycles. The van der Waals surface area contributed by atoms with Gasteiger partial charge in [-0.2, -0.15) is 10.4 Å². The minimum atomic E-state index is 0.476. The van der Waals surface area contributed by atoms with Crippen LogP contribution in [0.4, 0.5) is 11.5 Å². The molecule has 0 amide bonds. The second-order valence-corrected chi connectivity index (χ2v) is 6.61. The number of nitriles is 1. The van der Waals surface area contributed by atoms with Crippen LogP contribution in [0, 0.1) is 11.3 Å². The van der Waals surface area contributed by atoms with E-state index in [0.717, 1.165) is 22.2 Å². The summed E-state index contributed by atoms with van der Waals surface area (Å²) in [5, 5.41) is 17.8. The number of nitrogens with zero attached hydrogens (tertiary/aromatic N) is 6. The van der Waals surface area contributed by atoms with E-state index in [9.17, 15) is 0 Å². The third kappa shape index (κ3) is 3.82. The van der Waals surface area contributed by atoms with E-state index in [1.54, 1.807) is 25.7 Å². The van der Waals surface area contributed by atoms with Gasteiger partial charge in [0.15, 0.2) is 17.4 Å². The molecule has 1 aromatic carbocycles.